The second kappa shape index (κ2) is 6.19. The number of hydrogen-bond donors (Lipinski definition) is 4. The van der Waals surface area contributed by atoms with Gasteiger partial charge >= 0.3 is 7.60 Å². The second-order valence-electron chi connectivity index (χ2n) is 4.46. The Morgan fingerprint density at radius 2 is 1.61 bits per heavy atom. The van der Waals surface area contributed by atoms with Crippen molar-refractivity contribution in [2.75, 3.05) is 5.73 Å². The summed E-state index contributed by atoms with van der Waals surface area (Å²) in [6.07, 6.45) is 0. The Bertz CT molecular complexity index is 922. The van der Waals surface area contributed by atoms with Crippen LogP contribution in [0.5, 0.6) is 0 Å². The summed E-state index contributed by atoms with van der Waals surface area (Å²) in [5, 5.41) is 7.31. The average molecular weight is 357 g/mol. The van der Waals surface area contributed by atoms with Crippen molar-refractivity contribution in [2.45, 2.75) is 4.90 Å². The van der Waals surface area contributed by atoms with E-state index in [-0.39, 0.29) is 22.4 Å². The Morgan fingerprint density at radius 3 is 2.17 bits per heavy atom. The highest BCUT2D eigenvalue weighted by atomic mass is 32.2. The van der Waals surface area contributed by atoms with Gasteiger partial charge in [0.15, 0.2) is 0 Å². The maximum Gasteiger partial charge on any atom is 0.356 e. The predicted octanol–water partition coefficient (Wildman–Crippen LogP) is 1.73. The zero-order valence-electron chi connectivity index (χ0n) is 11.4. The summed E-state index contributed by atoms with van der Waals surface area (Å²) in [5.74, 6) is 0. The molecule has 0 fully saturated rings. The molecule has 122 valence electrons. The minimum atomic E-state index is -4.49. The molecule has 0 bridgehead atoms. The van der Waals surface area contributed by atoms with Gasteiger partial charge < -0.3 is 15.5 Å². The van der Waals surface area contributed by atoms with Gasteiger partial charge in [0.25, 0.3) is 10.1 Å². The van der Waals surface area contributed by atoms with Gasteiger partial charge in [-0.1, -0.05) is 6.07 Å². The van der Waals surface area contributed by atoms with Gasteiger partial charge in [0.1, 0.15) is 4.90 Å². The molecule has 0 aromatic heterocycles. The first kappa shape index (κ1) is 17.3. The van der Waals surface area contributed by atoms with E-state index >= 15 is 0 Å². The van der Waals surface area contributed by atoms with Crippen LogP contribution in [0, 0.1) is 0 Å². The van der Waals surface area contributed by atoms with Crippen LogP contribution >= 0.6 is 7.60 Å². The van der Waals surface area contributed by atoms with Crippen molar-refractivity contribution in [3.05, 3.63) is 42.5 Å². The van der Waals surface area contributed by atoms with E-state index in [9.17, 15) is 13.0 Å². The topological polar surface area (TPSA) is 163 Å². The van der Waals surface area contributed by atoms with Crippen LogP contribution in [0.1, 0.15) is 0 Å². The molecule has 2 aromatic carbocycles. The second-order valence-corrected chi connectivity index (χ2v) is 7.46. The maximum atomic E-state index is 11.2. The summed E-state index contributed by atoms with van der Waals surface area (Å²) in [5.41, 5.74) is 5.56. The summed E-state index contributed by atoms with van der Waals surface area (Å²) >= 11 is 0. The Morgan fingerprint density at radius 1 is 1.00 bits per heavy atom. The number of rotatable bonds is 4. The SMILES string of the molecule is Nc1ccc(N=Nc2cccc(P(=O)(O)O)c2)cc1S(=O)(=O)O. The van der Waals surface area contributed by atoms with Gasteiger partial charge in [-0.2, -0.15) is 18.6 Å². The smallest absolute Gasteiger partial charge is 0.356 e. The molecule has 0 saturated carbocycles. The molecule has 0 atom stereocenters. The lowest BCUT2D eigenvalue weighted by molar-refractivity contribution is 0.387. The molecule has 5 N–H and O–H groups in total. The molecular formula is C12H12N3O6PS. The Balaban J connectivity index is 2.37. The molecule has 0 amide bonds. The van der Waals surface area contributed by atoms with Crippen LogP contribution < -0.4 is 11.0 Å². The first-order valence-electron chi connectivity index (χ1n) is 6.02. The van der Waals surface area contributed by atoms with Crippen molar-refractivity contribution in [2.24, 2.45) is 10.2 Å². The monoisotopic (exact) mass is 357 g/mol. The fraction of sp³-hybridized carbons (Fsp3) is 0. The van der Waals surface area contributed by atoms with E-state index in [1.54, 1.807) is 0 Å². The predicted molar refractivity (Wildman–Crippen MR) is 83.0 cm³/mol. The van der Waals surface area contributed by atoms with Crippen molar-refractivity contribution < 1.29 is 27.3 Å². The molecule has 11 heteroatoms. The fourth-order valence-electron chi connectivity index (χ4n) is 1.66. The number of nitrogen functional groups attached to an aromatic ring is 1. The van der Waals surface area contributed by atoms with E-state index in [1.165, 1.54) is 30.3 Å². The molecule has 2 rings (SSSR count). The molecule has 0 saturated heterocycles. The van der Waals surface area contributed by atoms with E-state index in [0.29, 0.717) is 0 Å². The highest BCUT2D eigenvalue weighted by Crippen LogP contribution is 2.34. The van der Waals surface area contributed by atoms with Crippen molar-refractivity contribution in [3.8, 4) is 0 Å². The number of benzene rings is 2. The van der Waals surface area contributed by atoms with E-state index in [4.69, 9.17) is 20.1 Å². The molecule has 0 aliphatic heterocycles. The van der Waals surface area contributed by atoms with Gasteiger partial charge in [-0.25, -0.2) is 0 Å². The minimum absolute atomic E-state index is 0.0911. The highest BCUT2D eigenvalue weighted by molar-refractivity contribution is 7.86. The van der Waals surface area contributed by atoms with Crippen LogP contribution in [0.15, 0.2) is 57.6 Å². The summed E-state index contributed by atoms with van der Waals surface area (Å²) in [6.45, 7) is 0. The first-order valence-corrected chi connectivity index (χ1v) is 9.07. The Labute approximate surface area is 131 Å². The molecule has 2 aromatic rings. The van der Waals surface area contributed by atoms with Gasteiger partial charge in [0.05, 0.1) is 22.4 Å². The van der Waals surface area contributed by atoms with Gasteiger partial charge in [-0.15, -0.1) is 0 Å². The average Bonchev–Trinajstić information content (AvgIpc) is 2.44. The number of nitrogens with two attached hydrogens (primary N) is 1. The third kappa shape index (κ3) is 4.44. The van der Waals surface area contributed by atoms with E-state index in [0.717, 1.165) is 12.1 Å². The quantitative estimate of drug-likeness (QED) is 0.280. The van der Waals surface area contributed by atoms with Crippen LogP contribution in [0.2, 0.25) is 0 Å². The number of azo groups is 1. The van der Waals surface area contributed by atoms with Crippen LogP contribution in [-0.4, -0.2) is 22.8 Å². The largest absolute Gasteiger partial charge is 0.398 e. The summed E-state index contributed by atoms with van der Waals surface area (Å²) in [6, 6.07) is 8.91. The molecule has 0 aliphatic rings. The number of nitrogens with zero attached hydrogens (tertiary/aromatic N) is 2. The van der Waals surface area contributed by atoms with Crippen LogP contribution in [0.25, 0.3) is 0 Å². The van der Waals surface area contributed by atoms with E-state index in [1.807, 2.05) is 0 Å². The van der Waals surface area contributed by atoms with Crippen molar-refractivity contribution in [3.63, 3.8) is 0 Å². The highest BCUT2D eigenvalue weighted by Gasteiger charge is 2.17. The fourth-order valence-corrected chi connectivity index (χ4v) is 2.88. The summed E-state index contributed by atoms with van der Waals surface area (Å²) < 4.78 is 42.5. The van der Waals surface area contributed by atoms with Gasteiger partial charge in [0.2, 0.25) is 0 Å². The van der Waals surface area contributed by atoms with Crippen molar-refractivity contribution in [1.82, 2.24) is 0 Å². The third-order valence-electron chi connectivity index (χ3n) is 2.72. The Hall–Kier alpha value is -2.10. The zero-order chi connectivity index (χ0) is 17.3. The lowest BCUT2D eigenvalue weighted by atomic mass is 10.3. The van der Waals surface area contributed by atoms with Crippen LogP contribution in [-0.2, 0) is 14.7 Å². The maximum absolute atomic E-state index is 11.2. The molecule has 0 heterocycles. The lowest BCUT2D eigenvalue weighted by Gasteiger charge is -2.04. The molecular weight excluding hydrogens is 345 g/mol. The Kier molecular flexibility index (Phi) is 4.64. The zero-order valence-corrected chi connectivity index (χ0v) is 13.1. The van der Waals surface area contributed by atoms with E-state index < -0.39 is 22.6 Å². The molecule has 9 nitrogen and oxygen atoms in total. The van der Waals surface area contributed by atoms with Gasteiger partial charge in [0, 0.05) is 0 Å². The standard InChI is InChI=1S/C12H12N3O6PS/c13-11-5-4-9(7-12(11)23(19,20)21)15-14-8-2-1-3-10(6-8)22(16,17)18/h1-7H,13H2,(H2,16,17,18)(H,19,20,21). The minimum Gasteiger partial charge on any atom is -0.398 e. The summed E-state index contributed by atoms with van der Waals surface area (Å²) in [7, 11) is -8.90. The third-order valence-corrected chi connectivity index (χ3v) is 4.58. The van der Waals surface area contributed by atoms with Gasteiger partial charge in [-0.05, 0) is 36.4 Å². The normalized spacial score (nSPS) is 12.7. The molecule has 0 unspecified atom stereocenters. The van der Waals surface area contributed by atoms with Crippen molar-refractivity contribution >= 4 is 40.1 Å². The van der Waals surface area contributed by atoms with Crippen LogP contribution in [0.4, 0.5) is 17.1 Å². The molecule has 23 heavy (non-hydrogen) atoms. The van der Waals surface area contributed by atoms with Crippen LogP contribution in [0.3, 0.4) is 0 Å². The number of hydrogen-bond acceptors (Lipinski definition) is 6. The molecule has 0 radical (unpaired) electrons. The number of anilines is 1. The van der Waals surface area contributed by atoms with Gasteiger partial charge in [-0.3, -0.25) is 9.12 Å². The first-order chi connectivity index (χ1) is 10.6. The lowest BCUT2D eigenvalue weighted by Crippen LogP contribution is -2.02. The van der Waals surface area contributed by atoms with E-state index in [2.05, 4.69) is 10.2 Å². The molecule has 0 aliphatic carbocycles. The molecule has 0 spiro atoms. The van der Waals surface area contributed by atoms with Crippen molar-refractivity contribution in [1.29, 1.82) is 0 Å². The summed E-state index contributed by atoms with van der Waals surface area (Å²) in [4.78, 5) is 17.7.